The number of phenols is 4. The minimum atomic E-state index is -0.756. The highest BCUT2D eigenvalue weighted by Gasteiger charge is 2.26. The normalized spacial score (nSPS) is 12.2. The number of carbonyl (C=O) groups excluding carboxylic acids is 2. The summed E-state index contributed by atoms with van der Waals surface area (Å²) in [6, 6.07) is 9.65. The molecule has 0 aliphatic heterocycles. The SMILES string of the molecule is CCOC(=O)c1cc2c(O)c(c1)Cc1cc([N+](=O)[O-])cc(c1O)Cc1cc(C(=O)OCC)cc(c1O)Cc1cc([N+](=O)[O-])cc(c1O)C2. The van der Waals surface area contributed by atoms with E-state index in [-0.39, 0.29) is 106 Å². The van der Waals surface area contributed by atoms with E-state index in [1.165, 1.54) is 24.3 Å². The number of hydrogen-bond donors (Lipinski definition) is 4. The molecule has 248 valence electrons. The fourth-order valence-electron chi connectivity index (χ4n) is 5.78. The van der Waals surface area contributed by atoms with Crippen LogP contribution in [0.1, 0.15) is 79.1 Å². The Morgan fingerprint density at radius 2 is 0.771 bits per heavy atom. The Bertz CT molecular complexity index is 1760. The molecule has 0 fully saturated rings. The van der Waals surface area contributed by atoms with E-state index in [0.717, 1.165) is 24.3 Å². The van der Waals surface area contributed by atoms with Crippen LogP contribution in [0.2, 0.25) is 0 Å². The number of rotatable bonds is 6. The van der Waals surface area contributed by atoms with Gasteiger partial charge >= 0.3 is 11.9 Å². The molecule has 8 bridgehead atoms. The topological polar surface area (TPSA) is 220 Å². The Kier molecular flexibility index (Phi) is 9.18. The van der Waals surface area contributed by atoms with Gasteiger partial charge in [0.15, 0.2) is 0 Å². The van der Waals surface area contributed by atoms with E-state index in [2.05, 4.69) is 0 Å². The summed E-state index contributed by atoms with van der Waals surface area (Å²) in [5.41, 5.74) is -0.621. The summed E-state index contributed by atoms with van der Waals surface area (Å²) < 4.78 is 10.3. The number of fused-ring (bicyclic) bond motifs is 8. The number of esters is 2. The lowest BCUT2D eigenvalue weighted by Gasteiger charge is -2.18. The van der Waals surface area contributed by atoms with Crippen molar-refractivity contribution in [3.05, 3.63) is 124 Å². The number of aromatic hydroxyl groups is 4. The number of phenolic OH excluding ortho intramolecular Hbond substituents is 4. The van der Waals surface area contributed by atoms with Gasteiger partial charge in [-0.2, -0.15) is 0 Å². The molecule has 0 saturated heterocycles. The number of benzene rings is 4. The van der Waals surface area contributed by atoms with Crippen LogP contribution >= 0.6 is 0 Å². The van der Waals surface area contributed by atoms with Gasteiger partial charge in [-0.25, -0.2) is 9.59 Å². The van der Waals surface area contributed by atoms with E-state index in [4.69, 9.17) is 9.47 Å². The summed E-state index contributed by atoms with van der Waals surface area (Å²) in [6.45, 7) is 3.25. The van der Waals surface area contributed by atoms with Crippen LogP contribution in [0, 0.1) is 20.2 Å². The maximum Gasteiger partial charge on any atom is 0.338 e. The Morgan fingerprint density at radius 3 is 0.979 bits per heavy atom. The van der Waals surface area contributed by atoms with Gasteiger partial charge in [0.25, 0.3) is 11.4 Å². The van der Waals surface area contributed by atoms with E-state index in [1.807, 2.05) is 0 Å². The lowest BCUT2D eigenvalue weighted by molar-refractivity contribution is -0.385. The average molecular weight is 659 g/mol. The molecule has 48 heavy (non-hydrogen) atoms. The van der Waals surface area contributed by atoms with Crippen LogP contribution in [0.4, 0.5) is 11.4 Å². The molecular weight excluding hydrogens is 628 g/mol. The molecule has 0 spiro atoms. The molecule has 0 unspecified atom stereocenters. The van der Waals surface area contributed by atoms with E-state index < -0.39 is 44.7 Å². The maximum absolute atomic E-state index is 12.8. The van der Waals surface area contributed by atoms with Gasteiger partial charge < -0.3 is 29.9 Å². The Morgan fingerprint density at radius 1 is 0.542 bits per heavy atom. The van der Waals surface area contributed by atoms with Gasteiger partial charge in [0.1, 0.15) is 23.0 Å². The van der Waals surface area contributed by atoms with Crippen LogP contribution in [0.5, 0.6) is 23.0 Å². The highest BCUT2D eigenvalue weighted by molar-refractivity contribution is 5.91. The monoisotopic (exact) mass is 658 g/mol. The first-order valence-electron chi connectivity index (χ1n) is 14.8. The van der Waals surface area contributed by atoms with Crippen LogP contribution in [-0.4, -0.2) is 55.4 Å². The van der Waals surface area contributed by atoms with Gasteiger partial charge in [-0.1, -0.05) is 0 Å². The molecule has 4 aromatic rings. The van der Waals surface area contributed by atoms with Crippen molar-refractivity contribution in [1.82, 2.24) is 0 Å². The standard InChI is InChI=1S/C34H30N2O12/c1-3-47-33(41)25-9-17-5-21-13-27(35(43)44)15-23(31(21)39)7-19-11-26(34(42)48-4-2)12-20(30(19)38)8-24-16-28(36(45)46)14-22(32(24)40)6-18(10-25)29(17)37/h9-16,37-40H,3-8H2,1-2H3. The molecule has 0 atom stereocenters. The fourth-order valence-corrected chi connectivity index (χ4v) is 5.78. The van der Waals surface area contributed by atoms with Crippen LogP contribution < -0.4 is 0 Å². The number of ether oxygens (including phenoxy) is 2. The quantitative estimate of drug-likeness (QED) is 0.103. The van der Waals surface area contributed by atoms with Gasteiger partial charge in [0.05, 0.1) is 34.2 Å². The van der Waals surface area contributed by atoms with Crippen molar-refractivity contribution in [3.8, 4) is 23.0 Å². The van der Waals surface area contributed by atoms with Crippen LogP contribution in [0.25, 0.3) is 0 Å². The summed E-state index contributed by atoms with van der Waals surface area (Å²) in [7, 11) is 0. The van der Waals surface area contributed by atoms with Crippen molar-refractivity contribution in [1.29, 1.82) is 0 Å². The molecule has 4 N–H and O–H groups in total. The second-order valence-electron chi connectivity index (χ2n) is 11.2. The minimum absolute atomic E-state index is 0.00436. The fraction of sp³-hybridized carbons (Fsp3) is 0.235. The molecule has 14 heteroatoms. The third kappa shape index (κ3) is 6.54. The molecule has 0 amide bonds. The predicted molar refractivity (Wildman–Crippen MR) is 169 cm³/mol. The zero-order valence-corrected chi connectivity index (χ0v) is 25.8. The van der Waals surface area contributed by atoms with Crippen LogP contribution in [0.15, 0.2) is 48.5 Å². The van der Waals surface area contributed by atoms with Crippen molar-refractivity contribution in [2.45, 2.75) is 39.5 Å². The lowest BCUT2D eigenvalue weighted by atomic mass is 9.89. The molecule has 0 radical (unpaired) electrons. The molecule has 0 aromatic heterocycles. The zero-order chi connectivity index (χ0) is 34.9. The molecule has 0 heterocycles. The summed E-state index contributed by atoms with van der Waals surface area (Å²) >= 11 is 0. The van der Waals surface area contributed by atoms with Gasteiger partial charge in [-0.05, 0) is 60.4 Å². The minimum Gasteiger partial charge on any atom is -0.507 e. The Labute approximate surface area is 272 Å². The van der Waals surface area contributed by atoms with E-state index in [0.29, 0.717) is 0 Å². The number of non-ortho nitro benzene ring substituents is 2. The Balaban J connectivity index is 1.85. The average Bonchev–Trinajstić information content (AvgIpc) is 3.03. The lowest BCUT2D eigenvalue weighted by Crippen LogP contribution is -2.09. The van der Waals surface area contributed by atoms with Crippen molar-refractivity contribution >= 4 is 23.3 Å². The summed E-state index contributed by atoms with van der Waals surface area (Å²) in [5, 5.41) is 69.5. The summed E-state index contributed by atoms with van der Waals surface area (Å²) in [5.74, 6) is -3.05. The first kappa shape index (κ1) is 33.2. The zero-order valence-electron chi connectivity index (χ0n) is 25.8. The predicted octanol–water partition coefficient (Wildman–Crippen LogP) is 5.36. The van der Waals surface area contributed by atoms with Gasteiger partial charge in [-0.3, -0.25) is 20.2 Å². The first-order chi connectivity index (χ1) is 22.8. The van der Waals surface area contributed by atoms with Gasteiger partial charge in [-0.15, -0.1) is 0 Å². The molecule has 14 nitrogen and oxygen atoms in total. The van der Waals surface area contributed by atoms with E-state index in [9.17, 15) is 50.2 Å². The third-order valence-electron chi connectivity index (χ3n) is 8.01. The maximum atomic E-state index is 12.8. The van der Waals surface area contributed by atoms with Gasteiger partial charge in [0, 0.05) is 72.2 Å². The van der Waals surface area contributed by atoms with Crippen LogP contribution in [0.3, 0.4) is 0 Å². The second-order valence-corrected chi connectivity index (χ2v) is 11.2. The smallest absolute Gasteiger partial charge is 0.338 e. The number of nitro benzene ring substituents is 2. The second kappa shape index (κ2) is 13.3. The summed E-state index contributed by atoms with van der Waals surface area (Å²) in [4.78, 5) is 48.3. The van der Waals surface area contributed by atoms with Crippen molar-refractivity contribution < 1.29 is 49.3 Å². The van der Waals surface area contributed by atoms with Crippen LogP contribution in [-0.2, 0) is 35.2 Å². The highest BCUT2D eigenvalue weighted by atomic mass is 16.6. The molecule has 0 saturated carbocycles. The molecule has 4 aromatic carbocycles. The number of nitrogens with zero attached hydrogens (tertiary/aromatic N) is 2. The number of carbonyl (C=O) groups is 2. The van der Waals surface area contributed by atoms with E-state index >= 15 is 0 Å². The summed E-state index contributed by atoms with van der Waals surface area (Å²) in [6.07, 6.45) is -1.28. The number of nitro groups is 2. The first-order valence-corrected chi connectivity index (χ1v) is 14.8. The molecule has 1 aliphatic carbocycles. The molecular formula is C34H30N2O12. The molecule has 5 rings (SSSR count). The van der Waals surface area contributed by atoms with Crippen molar-refractivity contribution in [2.24, 2.45) is 0 Å². The van der Waals surface area contributed by atoms with Crippen molar-refractivity contribution in [2.75, 3.05) is 13.2 Å². The van der Waals surface area contributed by atoms with Gasteiger partial charge in [0.2, 0.25) is 0 Å². The number of hydrogen-bond acceptors (Lipinski definition) is 12. The van der Waals surface area contributed by atoms with E-state index in [1.54, 1.807) is 13.8 Å². The third-order valence-corrected chi connectivity index (χ3v) is 8.01. The highest BCUT2D eigenvalue weighted by Crippen LogP contribution is 2.40. The largest absolute Gasteiger partial charge is 0.507 e. The van der Waals surface area contributed by atoms with Crippen molar-refractivity contribution in [3.63, 3.8) is 0 Å². The molecule has 1 aliphatic rings. The Hall–Kier alpha value is -6.18.